The highest BCUT2D eigenvalue weighted by Crippen LogP contribution is 2.30. The van der Waals surface area contributed by atoms with E-state index in [-0.39, 0.29) is 11.3 Å². The van der Waals surface area contributed by atoms with Crippen molar-refractivity contribution in [2.75, 3.05) is 19.6 Å². The van der Waals surface area contributed by atoms with Gasteiger partial charge in [0.15, 0.2) is 5.82 Å². The van der Waals surface area contributed by atoms with Crippen molar-refractivity contribution in [1.82, 2.24) is 9.97 Å². The second-order valence-corrected chi connectivity index (χ2v) is 6.18. The Morgan fingerprint density at radius 1 is 1.10 bits per heavy atom. The molecular formula is C20H19F3N4O2. The number of fused-ring (bicyclic) bond motifs is 1. The molecule has 0 bridgehead atoms. The van der Waals surface area contributed by atoms with Crippen LogP contribution in [-0.2, 0) is 17.5 Å². The number of nitrogens with zero attached hydrogens (tertiary/aromatic N) is 3. The fourth-order valence-electron chi connectivity index (χ4n) is 2.76. The Morgan fingerprint density at radius 3 is 2.55 bits per heavy atom. The molecule has 0 aliphatic carbocycles. The van der Waals surface area contributed by atoms with Gasteiger partial charge in [-0.3, -0.25) is 5.43 Å². The van der Waals surface area contributed by atoms with Gasteiger partial charge in [0.05, 0.1) is 24.9 Å². The summed E-state index contributed by atoms with van der Waals surface area (Å²) in [5.41, 5.74) is 4.98. The Bertz CT molecular complexity index is 1050. The normalized spacial score (nSPS) is 12.3. The Morgan fingerprint density at radius 2 is 1.86 bits per heavy atom. The monoisotopic (exact) mass is 404 g/mol. The van der Waals surface area contributed by atoms with E-state index in [1.54, 1.807) is 51.5 Å². The van der Waals surface area contributed by atoms with Crippen LogP contribution in [0.5, 0.6) is 5.75 Å². The average Bonchev–Trinajstić information content (AvgIpc) is 2.71. The van der Waals surface area contributed by atoms with Crippen LogP contribution in [0.4, 0.5) is 19.0 Å². The molecule has 0 radical (unpaired) electrons. The van der Waals surface area contributed by atoms with Crippen molar-refractivity contribution in [3.8, 4) is 5.75 Å². The van der Waals surface area contributed by atoms with E-state index in [9.17, 15) is 13.2 Å². The van der Waals surface area contributed by atoms with Crippen molar-refractivity contribution < 1.29 is 22.6 Å². The Hall–Kier alpha value is -3.20. The molecule has 3 aromatic rings. The molecule has 1 N–H and O–H groups in total. The molecule has 0 atom stereocenters. The first-order chi connectivity index (χ1) is 13.8. The summed E-state index contributed by atoms with van der Waals surface area (Å²) >= 11 is 0. The molecule has 9 heteroatoms. The lowest BCUT2D eigenvalue weighted by atomic mass is 10.1. The van der Waals surface area contributed by atoms with E-state index >= 15 is 0 Å². The minimum absolute atomic E-state index is 0.0205. The number of anilines is 1. The molecule has 0 saturated heterocycles. The van der Waals surface area contributed by atoms with Gasteiger partial charge in [-0.1, -0.05) is 12.1 Å². The number of alkyl halides is 3. The maximum absolute atomic E-state index is 13.1. The first kappa shape index (κ1) is 20.5. The van der Waals surface area contributed by atoms with Crippen LogP contribution < -0.4 is 10.2 Å². The maximum Gasteiger partial charge on any atom is 0.451 e. The molecule has 0 amide bonds. The van der Waals surface area contributed by atoms with Crippen molar-refractivity contribution in [1.29, 1.82) is 0 Å². The van der Waals surface area contributed by atoms with Gasteiger partial charge in [-0.05, 0) is 42.8 Å². The summed E-state index contributed by atoms with van der Waals surface area (Å²) in [6, 6.07) is 11.9. The number of aromatic nitrogens is 2. The van der Waals surface area contributed by atoms with Crippen LogP contribution in [0.15, 0.2) is 47.6 Å². The highest BCUT2D eigenvalue weighted by Gasteiger charge is 2.35. The molecule has 3 rings (SSSR count). The third-order valence-corrected chi connectivity index (χ3v) is 4.18. The van der Waals surface area contributed by atoms with Crippen LogP contribution in [0.2, 0.25) is 0 Å². The van der Waals surface area contributed by atoms with E-state index in [4.69, 9.17) is 9.47 Å². The zero-order valence-corrected chi connectivity index (χ0v) is 16.0. The number of benzene rings is 2. The summed E-state index contributed by atoms with van der Waals surface area (Å²) in [5, 5.41) is 4.66. The lowest BCUT2D eigenvalue weighted by Gasteiger charge is -2.12. The fraction of sp³-hybridized carbons (Fsp3) is 0.250. The van der Waals surface area contributed by atoms with Gasteiger partial charge in [0.2, 0.25) is 5.82 Å². The molecule has 1 heterocycles. The molecule has 0 aliphatic rings. The molecule has 0 fully saturated rings. The van der Waals surface area contributed by atoms with E-state index in [0.717, 1.165) is 11.1 Å². The number of rotatable bonds is 6. The smallest absolute Gasteiger partial charge is 0.451 e. The molecule has 152 valence electrons. The van der Waals surface area contributed by atoms with Gasteiger partial charge < -0.3 is 9.47 Å². The van der Waals surface area contributed by atoms with Crippen LogP contribution in [-0.4, -0.2) is 29.9 Å². The quantitative estimate of drug-likeness (QED) is 0.479. The first-order valence-corrected chi connectivity index (χ1v) is 8.64. The van der Waals surface area contributed by atoms with Gasteiger partial charge in [-0.15, -0.1) is 0 Å². The average molecular weight is 404 g/mol. The predicted molar refractivity (Wildman–Crippen MR) is 104 cm³/mol. The second-order valence-electron chi connectivity index (χ2n) is 6.18. The van der Waals surface area contributed by atoms with Crippen molar-refractivity contribution in [3.63, 3.8) is 0 Å². The minimum atomic E-state index is -4.66. The fourth-order valence-corrected chi connectivity index (χ4v) is 2.76. The summed E-state index contributed by atoms with van der Waals surface area (Å²) in [5.74, 6) is -0.570. The number of hydrogen-bond donors (Lipinski definition) is 1. The van der Waals surface area contributed by atoms with Crippen molar-refractivity contribution >= 4 is 22.4 Å². The number of methoxy groups -OCH3 is 2. The Kier molecular flexibility index (Phi) is 5.97. The minimum Gasteiger partial charge on any atom is -0.496 e. The van der Waals surface area contributed by atoms with Gasteiger partial charge in [0.25, 0.3) is 0 Å². The van der Waals surface area contributed by atoms with Gasteiger partial charge in [-0.25, -0.2) is 9.97 Å². The van der Waals surface area contributed by atoms with Gasteiger partial charge >= 0.3 is 6.18 Å². The zero-order valence-electron chi connectivity index (χ0n) is 16.0. The van der Waals surface area contributed by atoms with E-state index in [1.807, 2.05) is 6.07 Å². The molecule has 6 nitrogen and oxygen atoms in total. The molecule has 1 aromatic heterocycles. The predicted octanol–water partition coefficient (Wildman–Crippen LogP) is 4.64. The van der Waals surface area contributed by atoms with Gasteiger partial charge in [0.1, 0.15) is 5.75 Å². The highest BCUT2D eigenvalue weighted by molar-refractivity contribution is 6.00. The second kappa shape index (κ2) is 8.44. The van der Waals surface area contributed by atoms with Crippen molar-refractivity contribution in [2.24, 2.45) is 5.10 Å². The molecule has 0 aliphatic heterocycles. The summed E-state index contributed by atoms with van der Waals surface area (Å²) in [6.45, 7) is 2.09. The van der Waals surface area contributed by atoms with Crippen molar-refractivity contribution in [2.45, 2.75) is 19.7 Å². The summed E-state index contributed by atoms with van der Waals surface area (Å²) in [4.78, 5) is 7.21. The van der Waals surface area contributed by atoms with Crippen molar-refractivity contribution in [3.05, 3.63) is 59.4 Å². The third kappa shape index (κ3) is 4.62. The number of ether oxygens (including phenoxy) is 2. The van der Waals surface area contributed by atoms with Crippen LogP contribution in [0.25, 0.3) is 10.9 Å². The number of hydrogen-bond acceptors (Lipinski definition) is 6. The van der Waals surface area contributed by atoms with Crippen LogP contribution in [0, 0.1) is 0 Å². The molecule has 2 aromatic carbocycles. The first-order valence-electron chi connectivity index (χ1n) is 8.64. The SMILES string of the molecule is COCc1cc(/C(C)=N\Nc2nc(C(F)(F)F)nc3ccccc23)ccc1OC. The van der Waals surface area contributed by atoms with Crippen LogP contribution in [0.1, 0.15) is 23.9 Å². The topological polar surface area (TPSA) is 68.6 Å². The lowest BCUT2D eigenvalue weighted by molar-refractivity contribution is -0.144. The zero-order chi connectivity index (χ0) is 21.0. The van der Waals surface area contributed by atoms with E-state index < -0.39 is 12.0 Å². The van der Waals surface area contributed by atoms with E-state index in [1.165, 1.54) is 6.07 Å². The number of halogens is 3. The highest BCUT2D eigenvalue weighted by atomic mass is 19.4. The molecule has 0 saturated carbocycles. The molecule has 29 heavy (non-hydrogen) atoms. The van der Waals surface area contributed by atoms with Gasteiger partial charge in [-0.2, -0.15) is 18.3 Å². The van der Waals surface area contributed by atoms with Gasteiger partial charge in [0, 0.05) is 18.1 Å². The largest absolute Gasteiger partial charge is 0.496 e. The lowest BCUT2D eigenvalue weighted by Crippen LogP contribution is -2.13. The number of nitrogens with one attached hydrogen (secondary N) is 1. The summed E-state index contributed by atoms with van der Waals surface area (Å²) < 4.78 is 49.9. The standard InChI is InChI=1S/C20H19F3N4O2/c1-12(13-8-9-17(29-3)14(10-13)11-28-2)26-27-18-15-6-4-5-7-16(15)24-19(25-18)20(21,22)23/h4-10H,11H2,1-3H3,(H,24,25,27)/b26-12-. The third-order valence-electron chi connectivity index (χ3n) is 4.18. The Balaban J connectivity index is 1.97. The van der Waals surface area contributed by atoms with Crippen LogP contribution in [0.3, 0.4) is 0 Å². The summed E-state index contributed by atoms with van der Waals surface area (Å²) in [6.07, 6.45) is -4.66. The summed E-state index contributed by atoms with van der Waals surface area (Å²) in [7, 11) is 3.14. The van der Waals surface area contributed by atoms with E-state index in [2.05, 4.69) is 20.5 Å². The van der Waals surface area contributed by atoms with Crippen LogP contribution >= 0.6 is 0 Å². The number of para-hydroxylation sites is 1. The number of hydrazone groups is 1. The Labute approximate surface area is 165 Å². The molecule has 0 unspecified atom stereocenters. The van der Waals surface area contributed by atoms with E-state index in [0.29, 0.717) is 23.5 Å². The molecule has 0 spiro atoms. The molecular weight excluding hydrogens is 385 g/mol. The maximum atomic E-state index is 13.1.